The summed E-state index contributed by atoms with van der Waals surface area (Å²) < 4.78 is 71.8. The van der Waals surface area contributed by atoms with E-state index < -0.39 is 40.8 Å². The summed E-state index contributed by atoms with van der Waals surface area (Å²) in [5.74, 6) is -13.8. The molecule has 4 aromatic rings. The molecule has 158 valence electrons. The van der Waals surface area contributed by atoms with Crippen LogP contribution in [-0.2, 0) is 0 Å². The van der Waals surface area contributed by atoms with Crippen LogP contribution < -0.4 is 10.1 Å². The third-order valence-electron chi connectivity index (χ3n) is 4.38. The first-order valence-corrected chi connectivity index (χ1v) is 8.67. The number of aromatic amines is 1. The van der Waals surface area contributed by atoms with E-state index in [0.29, 0.717) is 28.2 Å². The number of halogens is 5. The van der Waals surface area contributed by atoms with Gasteiger partial charge in [-0.1, -0.05) is 0 Å². The van der Waals surface area contributed by atoms with E-state index in [2.05, 4.69) is 25.0 Å². The molecule has 2 aromatic heterocycles. The van der Waals surface area contributed by atoms with Gasteiger partial charge in [0.2, 0.25) is 40.8 Å². The third-order valence-corrected chi connectivity index (χ3v) is 4.38. The van der Waals surface area contributed by atoms with E-state index in [-0.39, 0.29) is 5.56 Å². The maximum atomic E-state index is 13.8. The normalized spacial score (nSPS) is 11.0. The standard InChI is InChI=1S/C20H11F5N4O2/c1-26-20-27-5-4-11(29-20)12-7-9-6-8(2-3-10(9)28-12)19(30)31-18-16(24)14(22)13(21)15(23)17(18)25/h2-7,28H,1H3,(H,26,27,29). The molecule has 2 N–H and O–H groups in total. The van der Waals surface area contributed by atoms with E-state index in [4.69, 9.17) is 0 Å². The molecule has 0 unspecified atom stereocenters. The fraction of sp³-hybridized carbons (Fsp3) is 0.0500. The summed E-state index contributed by atoms with van der Waals surface area (Å²) >= 11 is 0. The molecule has 0 bridgehead atoms. The summed E-state index contributed by atoms with van der Waals surface area (Å²) in [6.45, 7) is 0. The third kappa shape index (κ3) is 3.54. The molecule has 2 heterocycles. The summed E-state index contributed by atoms with van der Waals surface area (Å²) in [4.78, 5) is 23.7. The maximum Gasteiger partial charge on any atom is 0.343 e. The Balaban J connectivity index is 1.67. The Kier molecular flexibility index (Phi) is 5.01. The zero-order valence-electron chi connectivity index (χ0n) is 15.6. The Bertz CT molecular complexity index is 1310. The Morgan fingerprint density at radius 1 is 0.968 bits per heavy atom. The van der Waals surface area contributed by atoms with Crippen molar-refractivity contribution in [2.45, 2.75) is 0 Å². The van der Waals surface area contributed by atoms with Gasteiger partial charge in [0.25, 0.3) is 0 Å². The number of esters is 1. The molecule has 4 rings (SSSR count). The number of ether oxygens (including phenoxy) is 1. The van der Waals surface area contributed by atoms with Gasteiger partial charge in [0, 0.05) is 24.1 Å². The van der Waals surface area contributed by atoms with E-state index in [0.717, 1.165) is 0 Å². The molecule has 0 spiro atoms. The van der Waals surface area contributed by atoms with Gasteiger partial charge in [0.1, 0.15) is 0 Å². The zero-order valence-corrected chi connectivity index (χ0v) is 15.6. The molecule has 0 aliphatic rings. The van der Waals surface area contributed by atoms with Crippen LogP contribution in [0.3, 0.4) is 0 Å². The quantitative estimate of drug-likeness (QED) is 0.162. The molecule has 0 saturated carbocycles. The monoisotopic (exact) mass is 434 g/mol. The van der Waals surface area contributed by atoms with Gasteiger partial charge in [0.15, 0.2) is 0 Å². The highest BCUT2D eigenvalue weighted by Crippen LogP contribution is 2.30. The molecule has 2 aromatic carbocycles. The second-order valence-corrected chi connectivity index (χ2v) is 6.29. The van der Waals surface area contributed by atoms with E-state index in [1.54, 1.807) is 25.4 Å². The summed E-state index contributed by atoms with van der Waals surface area (Å²) in [5.41, 5.74) is 1.59. The van der Waals surface area contributed by atoms with E-state index in [1.165, 1.54) is 18.2 Å². The lowest BCUT2D eigenvalue weighted by atomic mass is 10.1. The lowest BCUT2D eigenvalue weighted by Gasteiger charge is -2.09. The van der Waals surface area contributed by atoms with Gasteiger partial charge in [-0.2, -0.15) is 8.78 Å². The minimum atomic E-state index is -2.35. The first-order chi connectivity index (χ1) is 14.8. The number of hydrogen-bond acceptors (Lipinski definition) is 5. The van der Waals surface area contributed by atoms with Crippen molar-refractivity contribution in [3.05, 3.63) is 71.2 Å². The molecule has 0 radical (unpaired) electrons. The number of aromatic nitrogens is 3. The Labute approximate surface area is 170 Å². The average molecular weight is 434 g/mol. The second kappa shape index (κ2) is 7.67. The van der Waals surface area contributed by atoms with Gasteiger partial charge in [-0.25, -0.2) is 27.9 Å². The molecular formula is C20H11F5N4O2. The molecule has 0 fully saturated rings. The minimum Gasteiger partial charge on any atom is -0.416 e. The first-order valence-electron chi connectivity index (χ1n) is 8.67. The molecule has 0 amide bonds. The van der Waals surface area contributed by atoms with E-state index in [1.807, 2.05) is 0 Å². The number of H-pyrrole nitrogens is 1. The van der Waals surface area contributed by atoms with Crippen LogP contribution in [0.4, 0.5) is 27.9 Å². The lowest BCUT2D eigenvalue weighted by Crippen LogP contribution is -2.13. The predicted molar refractivity (Wildman–Crippen MR) is 100 cm³/mol. The molecule has 0 aliphatic heterocycles. The summed E-state index contributed by atoms with van der Waals surface area (Å²) in [6, 6.07) is 7.42. The predicted octanol–water partition coefficient (Wildman–Crippen LogP) is 4.58. The van der Waals surface area contributed by atoms with Crippen molar-refractivity contribution in [2.24, 2.45) is 0 Å². The van der Waals surface area contributed by atoms with Crippen LogP contribution in [0.15, 0.2) is 36.5 Å². The van der Waals surface area contributed by atoms with Crippen molar-refractivity contribution < 1.29 is 31.5 Å². The largest absolute Gasteiger partial charge is 0.416 e. The van der Waals surface area contributed by atoms with Crippen LogP contribution in [0.5, 0.6) is 5.75 Å². The number of anilines is 1. The topological polar surface area (TPSA) is 79.9 Å². The molecule has 11 heteroatoms. The zero-order chi connectivity index (χ0) is 22.3. The van der Waals surface area contributed by atoms with Crippen LogP contribution in [0.25, 0.3) is 22.3 Å². The molecule has 0 aliphatic carbocycles. The van der Waals surface area contributed by atoms with E-state index in [9.17, 15) is 26.7 Å². The van der Waals surface area contributed by atoms with Gasteiger partial charge in [-0.3, -0.25) is 0 Å². The Hall–Kier alpha value is -4.02. The van der Waals surface area contributed by atoms with Crippen LogP contribution in [-0.4, -0.2) is 28.0 Å². The second-order valence-electron chi connectivity index (χ2n) is 6.29. The number of hydrogen-bond donors (Lipinski definition) is 2. The molecule has 31 heavy (non-hydrogen) atoms. The van der Waals surface area contributed by atoms with Gasteiger partial charge in [0.05, 0.1) is 17.0 Å². The number of carbonyl (C=O) groups is 1. The molecule has 6 nitrogen and oxygen atoms in total. The first kappa shape index (κ1) is 20.3. The lowest BCUT2D eigenvalue weighted by molar-refractivity contribution is 0.0716. The molecular weight excluding hydrogens is 423 g/mol. The summed E-state index contributed by atoms with van der Waals surface area (Å²) in [5, 5.41) is 3.32. The Morgan fingerprint density at radius 2 is 1.65 bits per heavy atom. The molecule has 0 atom stereocenters. The van der Waals surface area contributed by atoms with Gasteiger partial charge in [-0.05, 0) is 30.3 Å². The number of nitrogens with one attached hydrogen (secondary N) is 2. The van der Waals surface area contributed by atoms with Crippen molar-refractivity contribution >= 4 is 22.8 Å². The fourth-order valence-corrected chi connectivity index (χ4v) is 2.85. The van der Waals surface area contributed by atoms with E-state index >= 15 is 0 Å². The van der Waals surface area contributed by atoms with Crippen LogP contribution in [0.2, 0.25) is 0 Å². The highest BCUT2D eigenvalue weighted by Gasteiger charge is 2.29. The number of rotatable bonds is 4. The van der Waals surface area contributed by atoms with Crippen molar-refractivity contribution in [1.29, 1.82) is 0 Å². The highest BCUT2D eigenvalue weighted by molar-refractivity contribution is 5.97. The van der Waals surface area contributed by atoms with Gasteiger partial charge >= 0.3 is 5.97 Å². The SMILES string of the molecule is CNc1nccc(-c2cc3cc(C(=O)Oc4c(F)c(F)c(F)c(F)c4F)ccc3[nH]2)n1. The average Bonchev–Trinajstić information content (AvgIpc) is 3.22. The van der Waals surface area contributed by atoms with Crippen LogP contribution >= 0.6 is 0 Å². The smallest absolute Gasteiger partial charge is 0.343 e. The Morgan fingerprint density at radius 3 is 2.32 bits per heavy atom. The number of carbonyl (C=O) groups excluding carboxylic acids is 1. The molecule has 0 saturated heterocycles. The van der Waals surface area contributed by atoms with Crippen molar-refractivity contribution in [3.63, 3.8) is 0 Å². The summed E-state index contributed by atoms with van der Waals surface area (Å²) in [6.07, 6.45) is 1.55. The minimum absolute atomic E-state index is 0.166. The number of nitrogens with zero attached hydrogens (tertiary/aromatic N) is 2. The van der Waals surface area contributed by atoms with Crippen LogP contribution in [0, 0.1) is 29.1 Å². The maximum absolute atomic E-state index is 13.8. The summed E-state index contributed by atoms with van der Waals surface area (Å²) in [7, 11) is 1.66. The number of benzene rings is 2. The van der Waals surface area contributed by atoms with Crippen molar-refractivity contribution in [2.75, 3.05) is 12.4 Å². The highest BCUT2D eigenvalue weighted by atomic mass is 19.2. The van der Waals surface area contributed by atoms with Crippen LogP contribution in [0.1, 0.15) is 10.4 Å². The fourth-order valence-electron chi connectivity index (χ4n) is 2.85. The van der Waals surface area contributed by atoms with Crippen molar-refractivity contribution in [3.8, 4) is 17.1 Å². The van der Waals surface area contributed by atoms with Gasteiger partial charge < -0.3 is 15.0 Å². The number of fused-ring (bicyclic) bond motifs is 1. The van der Waals surface area contributed by atoms with Gasteiger partial charge in [-0.15, -0.1) is 0 Å². The van der Waals surface area contributed by atoms with Crippen molar-refractivity contribution in [1.82, 2.24) is 15.0 Å².